The summed E-state index contributed by atoms with van der Waals surface area (Å²) in [6.07, 6.45) is 2.03. The van der Waals surface area contributed by atoms with Crippen molar-refractivity contribution < 1.29 is 4.79 Å². The predicted octanol–water partition coefficient (Wildman–Crippen LogP) is 4.21. The Kier molecular flexibility index (Phi) is 6.43. The first kappa shape index (κ1) is 15.8. The van der Waals surface area contributed by atoms with Crippen molar-refractivity contribution in [3.8, 4) is 0 Å². The van der Waals surface area contributed by atoms with E-state index in [4.69, 9.17) is 28.9 Å². The van der Waals surface area contributed by atoms with Gasteiger partial charge in [-0.3, -0.25) is 4.79 Å². The van der Waals surface area contributed by atoms with Crippen LogP contribution in [0.1, 0.15) is 26.2 Å². The Morgan fingerprint density at radius 3 is 2.50 bits per heavy atom. The third-order valence-corrected chi connectivity index (χ3v) is 3.43. The zero-order valence-corrected chi connectivity index (χ0v) is 13.1. The molecule has 0 saturated carbocycles. The van der Waals surface area contributed by atoms with Gasteiger partial charge in [-0.05, 0) is 18.6 Å². The maximum Gasteiger partial charge on any atom is 0.226 e. The van der Waals surface area contributed by atoms with Crippen molar-refractivity contribution in [1.29, 1.82) is 0 Å². The molecule has 0 bridgehead atoms. The van der Waals surface area contributed by atoms with Crippen LogP contribution in [-0.4, -0.2) is 11.9 Å². The molecule has 0 aromatic heterocycles. The molecule has 1 unspecified atom stereocenters. The van der Waals surface area contributed by atoms with Gasteiger partial charge in [0.1, 0.15) is 0 Å². The lowest BCUT2D eigenvalue weighted by molar-refractivity contribution is -0.116. The van der Waals surface area contributed by atoms with Crippen LogP contribution in [0.15, 0.2) is 16.6 Å². The van der Waals surface area contributed by atoms with E-state index in [-0.39, 0.29) is 18.4 Å². The molecule has 0 aliphatic carbocycles. The van der Waals surface area contributed by atoms with Gasteiger partial charge in [-0.1, -0.05) is 52.5 Å². The van der Waals surface area contributed by atoms with Crippen molar-refractivity contribution in [2.45, 2.75) is 32.2 Å². The molecule has 0 aliphatic heterocycles. The Morgan fingerprint density at radius 2 is 2.00 bits per heavy atom. The lowest BCUT2D eigenvalue weighted by atomic mass is 10.1. The van der Waals surface area contributed by atoms with Gasteiger partial charge in [0.2, 0.25) is 5.91 Å². The van der Waals surface area contributed by atoms with E-state index in [0.717, 1.165) is 17.3 Å². The molecule has 1 aromatic rings. The van der Waals surface area contributed by atoms with Gasteiger partial charge in [-0.2, -0.15) is 0 Å². The van der Waals surface area contributed by atoms with Crippen molar-refractivity contribution >= 4 is 50.7 Å². The Labute approximate surface area is 125 Å². The predicted molar refractivity (Wildman–Crippen MR) is 80.3 cm³/mol. The van der Waals surface area contributed by atoms with Crippen LogP contribution in [0.3, 0.4) is 0 Å². The molecular weight excluding hydrogens is 339 g/mol. The number of hydrogen-bond acceptors (Lipinski definition) is 2. The fourth-order valence-corrected chi connectivity index (χ4v) is 2.87. The largest absolute Gasteiger partial charge is 0.327 e. The first-order chi connectivity index (χ1) is 8.43. The van der Waals surface area contributed by atoms with Gasteiger partial charge in [0, 0.05) is 16.9 Å². The van der Waals surface area contributed by atoms with E-state index in [1.165, 1.54) is 0 Å². The third-order valence-electron chi connectivity index (χ3n) is 2.38. The van der Waals surface area contributed by atoms with E-state index in [0.29, 0.717) is 15.7 Å². The molecule has 0 saturated heterocycles. The molecule has 0 radical (unpaired) electrons. The molecule has 0 spiro atoms. The fourth-order valence-electron chi connectivity index (χ4n) is 1.56. The van der Waals surface area contributed by atoms with E-state index in [1.807, 2.05) is 6.92 Å². The van der Waals surface area contributed by atoms with E-state index < -0.39 is 0 Å². The molecule has 18 heavy (non-hydrogen) atoms. The number of carbonyl (C=O) groups excluding carboxylic acids is 1. The minimum absolute atomic E-state index is 0.136. The number of hydrogen-bond donors (Lipinski definition) is 2. The third kappa shape index (κ3) is 4.76. The van der Waals surface area contributed by atoms with Gasteiger partial charge in [0.25, 0.3) is 0 Å². The molecule has 3 N–H and O–H groups in total. The lowest BCUT2D eigenvalue weighted by Crippen LogP contribution is -2.27. The Bertz CT molecular complexity index is 417. The molecule has 100 valence electrons. The Hall–Kier alpha value is -0.290. The zero-order chi connectivity index (χ0) is 13.7. The second-order valence-corrected chi connectivity index (χ2v) is 5.78. The van der Waals surface area contributed by atoms with Crippen LogP contribution >= 0.6 is 39.1 Å². The van der Waals surface area contributed by atoms with Crippen LogP contribution in [0, 0.1) is 0 Å². The van der Waals surface area contributed by atoms with Crippen molar-refractivity contribution in [1.82, 2.24) is 0 Å². The summed E-state index contributed by atoms with van der Waals surface area (Å²) < 4.78 is 0.762. The summed E-state index contributed by atoms with van der Waals surface area (Å²) in [4.78, 5) is 11.8. The average molecular weight is 354 g/mol. The van der Waals surface area contributed by atoms with Crippen LogP contribution in [0.2, 0.25) is 10.0 Å². The van der Waals surface area contributed by atoms with Crippen molar-refractivity contribution in [2.75, 3.05) is 5.32 Å². The maximum atomic E-state index is 11.8. The average Bonchev–Trinajstić information content (AvgIpc) is 2.23. The van der Waals surface area contributed by atoms with Gasteiger partial charge in [-0.15, -0.1) is 0 Å². The van der Waals surface area contributed by atoms with Crippen LogP contribution in [0.25, 0.3) is 0 Å². The zero-order valence-electron chi connectivity index (χ0n) is 9.97. The minimum atomic E-state index is -0.179. The standard InChI is InChI=1S/C12H15BrCl2N2O/c1-2-3-8(16)6-11(18)17-12-9(14)4-7(13)5-10(12)15/h4-5,8H,2-3,6,16H2,1H3,(H,17,18). The lowest BCUT2D eigenvalue weighted by Gasteiger charge is -2.13. The highest BCUT2D eigenvalue weighted by molar-refractivity contribution is 9.10. The summed E-state index contributed by atoms with van der Waals surface area (Å²) in [5.74, 6) is -0.179. The number of nitrogens with two attached hydrogens (primary N) is 1. The van der Waals surface area contributed by atoms with E-state index in [2.05, 4.69) is 21.2 Å². The molecule has 3 nitrogen and oxygen atoms in total. The summed E-state index contributed by atoms with van der Waals surface area (Å²) in [7, 11) is 0. The van der Waals surface area contributed by atoms with Gasteiger partial charge in [0.05, 0.1) is 15.7 Å². The molecular formula is C12H15BrCl2N2O. The van der Waals surface area contributed by atoms with Gasteiger partial charge >= 0.3 is 0 Å². The van der Waals surface area contributed by atoms with Crippen molar-refractivity contribution in [2.24, 2.45) is 5.73 Å². The normalized spacial score (nSPS) is 12.3. The first-order valence-corrected chi connectivity index (χ1v) is 7.19. The van der Waals surface area contributed by atoms with Gasteiger partial charge in [0.15, 0.2) is 0 Å². The molecule has 6 heteroatoms. The number of halogens is 3. The van der Waals surface area contributed by atoms with Crippen LogP contribution in [-0.2, 0) is 4.79 Å². The van der Waals surface area contributed by atoms with E-state index >= 15 is 0 Å². The fraction of sp³-hybridized carbons (Fsp3) is 0.417. The highest BCUT2D eigenvalue weighted by Crippen LogP contribution is 2.33. The van der Waals surface area contributed by atoms with E-state index in [9.17, 15) is 4.79 Å². The number of nitrogens with one attached hydrogen (secondary N) is 1. The summed E-state index contributed by atoms with van der Waals surface area (Å²) in [6, 6.07) is 3.22. The quantitative estimate of drug-likeness (QED) is 0.832. The summed E-state index contributed by atoms with van der Waals surface area (Å²) in [5.41, 5.74) is 6.23. The summed E-state index contributed by atoms with van der Waals surface area (Å²) in [5, 5.41) is 3.48. The number of rotatable bonds is 5. The van der Waals surface area contributed by atoms with Gasteiger partial charge in [-0.25, -0.2) is 0 Å². The second-order valence-electron chi connectivity index (χ2n) is 4.05. The molecule has 0 aliphatic rings. The van der Waals surface area contributed by atoms with Gasteiger partial charge < -0.3 is 11.1 Å². The van der Waals surface area contributed by atoms with Crippen LogP contribution < -0.4 is 11.1 Å². The summed E-state index contributed by atoms with van der Waals surface area (Å²) in [6.45, 7) is 2.03. The highest BCUT2D eigenvalue weighted by atomic mass is 79.9. The molecule has 1 rings (SSSR count). The number of benzene rings is 1. The van der Waals surface area contributed by atoms with E-state index in [1.54, 1.807) is 12.1 Å². The molecule has 1 aromatic carbocycles. The first-order valence-electron chi connectivity index (χ1n) is 5.64. The number of anilines is 1. The smallest absolute Gasteiger partial charge is 0.226 e. The maximum absolute atomic E-state index is 11.8. The molecule has 0 fully saturated rings. The Balaban J connectivity index is 2.70. The molecule has 1 amide bonds. The molecule has 0 heterocycles. The number of amides is 1. The SMILES string of the molecule is CCCC(N)CC(=O)Nc1c(Cl)cc(Br)cc1Cl. The van der Waals surface area contributed by atoms with Crippen LogP contribution in [0.5, 0.6) is 0 Å². The molecule has 1 atom stereocenters. The van der Waals surface area contributed by atoms with Crippen LogP contribution in [0.4, 0.5) is 5.69 Å². The Morgan fingerprint density at radius 1 is 1.44 bits per heavy atom. The highest BCUT2D eigenvalue weighted by Gasteiger charge is 2.13. The minimum Gasteiger partial charge on any atom is -0.327 e. The summed E-state index contributed by atoms with van der Waals surface area (Å²) >= 11 is 15.3. The number of carbonyl (C=O) groups is 1. The topological polar surface area (TPSA) is 55.1 Å². The van der Waals surface area contributed by atoms with Crippen molar-refractivity contribution in [3.63, 3.8) is 0 Å². The second kappa shape index (κ2) is 7.34. The monoisotopic (exact) mass is 352 g/mol. The van der Waals surface area contributed by atoms with Crippen molar-refractivity contribution in [3.05, 3.63) is 26.7 Å².